The molecule has 4 nitrogen and oxygen atoms in total. The second-order valence-corrected chi connectivity index (χ2v) is 8.79. The smallest absolute Gasteiger partial charge is 0.107 e. The SMILES string of the molecule is CCC1CN(Cc2ncc(C(C)(C)C)s2)CC2(CCOC2)O1. The summed E-state index contributed by atoms with van der Waals surface area (Å²) in [4.78, 5) is 8.52. The van der Waals surface area contributed by atoms with Crippen LogP contribution in [0.2, 0.25) is 0 Å². The molecule has 2 atom stereocenters. The maximum absolute atomic E-state index is 6.33. The third kappa shape index (κ3) is 3.53. The van der Waals surface area contributed by atoms with Gasteiger partial charge < -0.3 is 9.47 Å². The Morgan fingerprint density at radius 1 is 1.45 bits per heavy atom. The van der Waals surface area contributed by atoms with E-state index in [1.54, 1.807) is 0 Å². The Labute approximate surface area is 137 Å². The molecule has 22 heavy (non-hydrogen) atoms. The van der Waals surface area contributed by atoms with Crippen molar-refractivity contribution in [1.82, 2.24) is 9.88 Å². The molecule has 0 N–H and O–H groups in total. The predicted octanol–water partition coefficient (Wildman–Crippen LogP) is 3.21. The van der Waals surface area contributed by atoms with Gasteiger partial charge in [-0.3, -0.25) is 4.90 Å². The van der Waals surface area contributed by atoms with E-state index in [0.717, 1.165) is 45.7 Å². The van der Waals surface area contributed by atoms with E-state index in [-0.39, 0.29) is 11.0 Å². The van der Waals surface area contributed by atoms with Crippen LogP contribution in [0.3, 0.4) is 0 Å². The Hall–Kier alpha value is -0.490. The Kier molecular flexibility index (Phi) is 4.61. The summed E-state index contributed by atoms with van der Waals surface area (Å²) in [6.45, 7) is 13.4. The molecule has 1 aromatic heterocycles. The maximum Gasteiger partial charge on any atom is 0.107 e. The van der Waals surface area contributed by atoms with Gasteiger partial charge >= 0.3 is 0 Å². The lowest BCUT2D eigenvalue weighted by atomic mass is 9.96. The average molecular weight is 324 g/mol. The first-order valence-electron chi connectivity index (χ1n) is 8.33. The van der Waals surface area contributed by atoms with Crippen molar-refractivity contribution in [1.29, 1.82) is 0 Å². The van der Waals surface area contributed by atoms with E-state index in [0.29, 0.717) is 6.10 Å². The molecule has 2 fully saturated rings. The van der Waals surface area contributed by atoms with Crippen LogP contribution in [0.1, 0.15) is 50.4 Å². The van der Waals surface area contributed by atoms with Crippen LogP contribution in [-0.2, 0) is 21.4 Å². The highest BCUT2D eigenvalue weighted by atomic mass is 32.1. The summed E-state index contributed by atoms with van der Waals surface area (Å²) < 4.78 is 11.9. The summed E-state index contributed by atoms with van der Waals surface area (Å²) in [6.07, 6.45) is 4.44. The van der Waals surface area contributed by atoms with Crippen LogP contribution in [0.5, 0.6) is 0 Å². The van der Waals surface area contributed by atoms with Crippen molar-refractivity contribution in [2.45, 2.75) is 64.2 Å². The Morgan fingerprint density at radius 2 is 2.27 bits per heavy atom. The van der Waals surface area contributed by atoms with Gasteiger partial charge in [-0.1, -0.05) is 27.7 Å². The van der Waals surface area contributed by atoms with E-state index in [4.69, 9.17) is 9.47 Å². The number of thiazole rings is 1. The molecule has 0 bridgehead atoms. The van der Waals surface area contributed by atoms with E-state index >= 15 is 0 Å². The minimum absolute atomic E-state index is 0.0803. The molecule has 3 rings (SSSR count). The normalized spacial score (nSPS) is 30.3. The lowest BCUT2D eigenvalue weighted by Crippen LogP contribution is -2.55. The molecule has 1 spiro atoms. The quantitative estimate of drug-likeness (QED) is 0.855. The molecule has 0 amide bonds. The fraction of sp³-hybridized carbons (Fsp3) is 0.824. The maximum atomic E-state index is 6.33. The van der Waals surface area contributed by atoms with E-state index in [2.05, 4.69) is 37.6 Å². The van der Waals surface area contributed by atoms with Gasteiger partial charge in [-0.15, -0.1) is 11.3 Å². The van der Waals surface area contributed by atoms with Crippen molar-refractivity contribution in [2.24, 2.45) is 0 Å². The molecular weight excluding hydrogens is 296 g/mol. The van der Waals surface area contributed by atoms with Crippen LogP contribution in [0.15, 0.2) is 6.20 Å². The lowest BCUT2D eigenvalue weighted by molar-refractivity contribution is -0.156. The number of aromatic nitrogens is 1. The molecule has 5 heteroatoms. The number of rotatable bonds is 3. The molecule has 2 saturated heterocycles. The first-order valence-corrected chi connectivity index (χ1v) is 9.15. The van der Waals surface area contributed by atoms with Gasteiger partial charge in [0.05, 0.1) is 19.3 Å². The van der Waals surface area contributed by atoms with E-state index < -0.39 is 0 Å². The molecule has 1 aromatic rings. The van der Waals surface area contributed by atoms with Gasteiger partial charge in [-0.2, -0.15) is 0 Å². The first kappa shape index (κ1) is 16.4. The predicted molar refractivity (Wildman–Crippen MR) is 89.4 cm³/mol. The van der Waals surface area contributed by atoms with Gasteiger partial charge in [-0.25, -0.2) is 4.98 Å². The minimum atomic E-state index is -0.0803. The van der Waals surface area contributed by atoms with Gasteiger partial charge in [0, 0.05) is 37.2 Å². The second-order valence-electron chi connectivity index (χ2n) is 7.67. The summed E-state index contributed by atoms with van der Waals surface area (Å²) in [7, 11) is 0. The van der Waals surface area contributed by atoms with Crippen LogP contribution in [0.4, 0.5) is 0 Å². The highest BCUT2D eigenvalue weighted by Gasteiger charge is 2.43. The van der Waals surface area contributed by atoms with Crippen LogP contribution >= 0.6 is 11.3 Å². The van der Waals surface area contributed by atoms with Crippen molar-refractivity contribution in [2.75, 3.05) is 26.3 Å². The number of nitrogens with zero attached hydrogens (tertiary/aromatic N) is 2. The van der Waals surface area contributed by atoms with Gasteiger partial charge in [0.2, 0.25) is 0 Å². The molecule has 2 unspecified atom stereocenters. The zero-order valence-corrected chi connectivity index (χ0v) is 15.0. The van der Waals surface area contributed by atoms with E-state index in [9.17, 15) is 0 Å². The molecule has 0 aromatic carbocycles. The van der Waals surface area contributed by atoms with Crippen molar-refractivity contribution in [3.8, 4) is 0 Å². The number of ether oxygens (including phenoxy) is 2. The summed E-state index contributed by atoms with van der Waals surface area (Å²) in [5.74, 6) is 0. The molecule has 2 aliphatic heterocycles. The molecule has 124 valence electrons. The number of morpholine rings is 1. The van der Waals surface area contributed by atoms with Crippen molar-refractivity contribution >= 4 is 11.3 Å². The van der Waals surface area contributed by atoms with Gasteiger partial charge in [0.1, 0.15) is 10.6 Å². The van der Waals surface area contributed by atoms with Crippen LogP contribution in [0.25, 0.3) is 0 Å². The van der Waals surface area contributed by atoms with Crippen molar-refractivity contribution in [3.05, 3.63) is 16.1 Å². The molecule has 2 aliphatic rings. The van der Waals surface area contributed by atoms with Gasteiger partial charge in [0.15, 0.2) is 0 Å². The molecular formula is C17H28N2O2S. The highest BCUT2D eigenvalue weighted by Crippen LogP contribution is 2.33. The largest absolute Gasteiger partial charge is 0.378 e. The zero-order chi connectivity index (χ0) is 15.8. The summed E-state index contributed by atoms with van der Waals surface area (Å²) in [5.41, 5.74) is 0.108. The third-order valence-corrected chi connectivity index (χ3v) is 5.97. The van der Waals surface area contributed by atoms with Crippen LogP contribution in [-0.4, -0.2) is 47.9 Å². The summed E-state index contributed by atoms with van der Waals surface area (Å²) in [5, 5.41) is 1.22. The molecule has 0 radical (unpaired) electrons. The Morgan fingerprint density at radius 3 is 2.86 bits per heavy atom. The van der Waals surface area contributed by atoms with E-state index in [1.807, 2.05) is 17.5 Å². The minimum Gasteiger partial charge on any atom is -0.378 e. The van der Waals surface area contributed by atoms with Gasteiger partial charge in [-0.05, 0) is 11.8 Å². The molecule has 3 heterocycles. The molecule has 0 saturated carbocycles. The second kappa shape index (κ2) is 6.19. The number of hydrogen-bond donors (Lipinski definition) is 0. The summed E-state index contributed by atoms with van der Waals surface area (Å²) >= 11 is 1.85. The molecule has 0 aliphatic carbocycles. The van der Waals surface area contributed by atoms with Crippen LogP contribution in [0, 0.1) is 0 Å². The fourth-order valence-corrected chi connectivity index (χ4v) is 4.27. The van der Waals surface area contributed by atoms with Crippen molar-refractivity contribution < 1.29 is 9.47 Å². The Bertz CT molecular complexity index is 503. The van der Waals surface area contributed by atoms with Crippen molar-refractivity contribution in [3.63, 3.8) is 0 Å². The monoisotopic (exact) mass is 324 g/mol. The van der Waals surface area contributed by atoms with Gasteiger partial charge in [0.25, 0.3) is 0 Å². The third-order valence-electron chi connectivity index (χ3n) is 4.56. The lowest BCUT2D eigenvalue weighted by Gasteiger charge is -2.43. The van der Waals surface area contributed by atoms with E-state index in [1.165, 1.54) is 9.88 Å². The standard InChI is InChI=1S/C17H28N2O2S/c1-5-13-9-19(11-17(21-13)6-7-20-12-17)10-15-18-8-14(22-15)16(2,3)4/h8,13H,5-7,9-12H2,1-4H3. The fourth-order valence-electron chi connectivity index (χ4n) is 3.25. The van der Waals surface area contributed by atoms with Crippen LogP contribution < -0.4 is 0 Å². The Balaban J connectivity index is 1.69. The first-order chi connectivity index (χ1) is 10.4. The highest BCUT2D eigenvalue weighted by molar-refractivity contribution is 7.11. The average Bonchev–Trinajstić information content (AvgIpc) is 3.08. The summed E-state index contributed by atoms with van der Waals surface area (Å²) in [6, 6.07) is 0. The number of hydrogen-bond acceptors (Lipinski definition) is 5. The zero-order valence-electron chi connectivity index (χ0n) is 14.2. The topological polar surface area (TPSA) is 34.6 Å².